The van der Waals surface area contributed by atoms with Crippen LogP contribution in [-0.2, 0) is 20.7 Å². The molecule has 0 spiro atoms. The molecular weight excluding hydrogens is 430 g/mol. The molecule has 1 aromatic heterocycles. The second kappa shape index (κ2) is 14.0. The molecule has 2 aromatic rings. The van der Waals surface area contributed by atoms with E-state index in [0.29, 0.717) is 5.56 Å². The number of nitrogens with zero attached hydrogens (tertiary/aromatic N) is 1. The Morgan fingerprint density at radius 2 is 1.94 bits per heavy atom. The van der Waals surface area contributed by atoms with Gasteiger partial charge >= 0.3 is 5.97 Å². The molecular formula is C28H37NO3S. The number of ether oxygens (including phenoxy) is 1. The smallest absolute Gasteiger partial charge is 0.307 e. The molecule has 0 amide bonds. The number of hydrogen-bond acceptors (Lipinski definition) is 5. The molecule has 1 aromatic carbocycles. The second-order valence-electron chi connectivity index (χ2n) is 9.15. The van der Waals surface area contributed by atoms with Gasteiger partial charge in [0.15, 0.2) is 0 Å². The molecule has 4 nitrogen and oxygen atoms in total. The van der Waals surface area contributed by atoms with Crippen molar-refractivity contribution in [1.82, 2.24) is 0 Å². The lowest BCUT2D eigenvalue weighted by Gasteiger charge is -2.15. The number of cyclic esters (lactones) is 1. The first kappa shape index (κ1) is 26.8. The maximum Gasteiger partial charge on any atom is 0.307 e. The highest BCUT2D eigenvalue weighted by atomic mass is 32.1. The van der Waals surface area contributed by atoms with E-state index in [-0.39, 0.29) is 18.2 Å². The fraction of sp³-hybridized carbons (Fsp3) is 0.536. The van der Waals surface area contributed by atoms with Crippen LogP contribution in [0.1, 0.15) is 93.4 Å². The van der Waals surface area contributed by atoms with Crippen molar-refractivity contribution in [3.63, 3.8) is 0 Å². The minimum absolute atomic E-state index is 0.0507. The second-order valence-corrected chi connectivity index (χ2v) is 10.1. The van der Waals surface area contributed by atoms with Crippen molar-refractivity contribution in [3.05, 3.63) is 57.3 Å². The zero-order valence-electron chi connectivity index (χ0n) is 20.4. The van der Waals surface area contributed by atoms with Crippen LogP contribution in [0.4, 0.5) is 0 Å². The van der Waals surface area contributed by atoms with Crippen LogP contribution in [0.25, 0.3) is 0 Å². The Morgan fingerprint density at radius 3 is 2.52 bits per heavy atom. The van der Waals surface area contributed by atoms with Crippen LogP contribution in [0.5, 0.6) is 0 Å². The molecule has 3 rings (SSSR count). The molecule has 0 bridgehead atoms. The maximum atomic E-state index is 11.4. The van der Waals surface area contributed by atoms with Gasteiger partial charge in [-0.2, -0.15) is 5.26 Å². The fourth-order valence-corrected chi connectivity index (χ4v) is 5.11. The molecule has 0 aliphatic carbocycles. The molecule has 1 unspecified atom stereocenters. The fourth-order valence-electron chi connectivity index (χ4n) is 4.19. The topological polar surface area (TPSA) is 67.2 Å². The lowest BCUT2D eigenvalue weighted by Crippen LogP contribution is -2.15. The van der Waals surface area contributed by atoms with Crippen molar-refractivity contribution >= 4 is 23.1 Å². The summed E-state index contributed by atoms with van der Waals surface area (Å²) < 4.78 is 5.15. The van der Waals surface area contributed by atoms with Crippen molar-refractivity contribution in [2.45, 2.75) is 85.2 Å². The molecule has 1 saturated heterocycles. The third-order valence-corrected chi connectivity index (χ3v) is 7.20. The molecule has 0 radical (unpaired) electrons. The van der Waals surface area contributed by atoms with Crippen LogP contribution in [0.15, 0.2) is 35.7 Å². The van der Waals surface area contributed by atoms with Gasteiger partial charge in [0.05, 0.1) is 24.0 Å². The summed E-state index contributed by atoms with van der Waals surface area (Å²) in [6.07, 6.45) is 9.31. The van der Waals surface area contributed by atoms with Crippen LogP contribution in [0, 0.1) is 30.1 Å². The van der Waals surface area contributed by atoms with Crippen molar-refractivity contribution in [2.24, 2.45) is 11.8 Å². The minimum atomic E-state index is -0.507. The number of hydrogen-bond donors (Lipinski definition) is 0. The highest BCUT2D eigenvalue weighted by Crippen LogP contribution is 2.35. The molecule has 178 valence electrons. The lowest BCUT2D eigenvalue weighted by molar-refractivity contribution is -0.141. The van der Waals surface area contributed by atoms with E-state index in [4.69, 9.17) is 10.00 Å². The quantitative estimate of drug-likeness (QED) is 0.271. The number of aryl methyl sites for hydroxylation is 2. The van der Waals surface area contributed by atoms with E-state index in [1.165, 1.54) is 57.4 Å². The SMILES string of the molecule is CC(=O)[C@@H]1CC(=O)O[C@H]1c1ccc(C#N)cc1.CCCC(C)CCCCCc1cc(C)cs1. The first-order chi connectivity index (χ1) is 15.8. The van der Waals surface area contributed by atoms with Gasteiger partial charge in [0, 0.05) is 4.88 Å². The standard InChI is InChI=1S/C15H26S.C13H11NO3/c1-4-8-13(2)9-6-5-7-10-15-11-14(3)12-16-15;1-8(15)11-6-12(16)17-13(11)10-4-2-9(7-14)3-5-10/h11-13H,4-10H2,1-3H3;2-5,11,13H,6H2,1H3/t;11-,13-/m.0/s1. The minimum Gasteiger partial charge on any atom is -0.457 e. The molecule has 0 N–H and O–H groups in total. The Hall–Kier alpha value is -2.45. The van der Waals surface area contributed by atoms with Crippen molar-refractivity contribution in [3.8, 4) is 6.07 Å². The zero-order valence-corrected chi connectivity index (χ0v) is 21.2. The monoisotopic (exact) mass is 467 g/mol. The largest absolute Gasteiger partial charge is 0.457 e. The Labute approximate surface area is 203 Å². The normalized spacial score (nSPS) is 18.1. The number of nitriles is 1. The zero-order chi connectivity index (χ0) is 24.2. The third-order valence-electron chi connectivity index (χ3n) is 6.09. The maximum absolute atomic E-state index is 11.4. The first-order valence-electron chi connectivity index (χ1n) is 12.1. The number of carbonyl (C=O) groups excluding carboxylic acids is 2. The molecule has 2 heterocycles. The number of rotatable bonds is 10. The summed E-state index contributed by atoms with van der Waals surface area (Å²) in [6.45, 7) is 8.33. The van der Waals surface area contributed by atoms with E-state index in [0.717, 1.165) is 11.5 Å². The summed E-state index contributed by atoms with van der Waals surface area (Å²) in [5.41, 5.74) is 2.73. The van der Waals surface area contributed by atoms with E-state index in [1.54, 1.807) is 29.1 Å². The van der Waals surface area contributed by atoms with Crippen LogP contribution in [-0.4, -0.2) is 11.8 Å². The third kappa shape index (κ3) is 9.14. The molecule has 0 saturated carbocycles. The molecule has 1 aliphatic rings. The Kier molecular flexibility index (Phi) is 11.3. The van der Waals surface area contributed by atoms with E-state index >= 15 is 0 Å². The summed E-state index contributed by atoms with van der Waals surface area (Å²) in [6, 6.07) is 11.1. The number of carbonyl (C=O) groups is 2. The number of ketones is 1. The van der Waals surface area contributed by atoms with Crippen LogP contribution in [0.2, 0.25) is 0 Å². The first-order valence-corrected chi connectivity index (χ1v) is 13.0. The summed E-state index contributed by atoms with van der Waals surface area (Å²) in [7, 11) is 0. The highest BCUT2D eigenvalue weighted by molar-refractivity contribution is 7.10. The number of unbranched alkanes of at least 4 members (excludes halogenated alkanes) is 2. The van der Waals surface area contributed by atoms with Gasteiger partial charge in [-0.25, -0.2) is 0 Å². The lowest BCUT2D eigenvalue weighted by atomic mass is 9.92. The predicted octanol–water partition coefficient (Wildman–Crippen LogP) is 7.35. The van der Waals surface area contributed by atoms with Gasteiger partial charge in [-0.15, -0.1) is 11.3 Å². The van der Waals surface area contributed by atoms with E-state index in [1.807, 2.05) is 17.4 Å². The molecule has 33 heavy (non-hydrogen) atoms. The van der Waals surface area contributed by atoms with Gasteiger partial charge in [0.1, 0.15) is 11.9 Å². The Balaban J connectivity index is 0.000000234. The van der Waals surface area contributed by atoms with Gasteiger partial charge in [0.25, 0.3) is 0 Å². The number of esters is 1. The molecule has 3 atom stereocenters. The summed E-state index contributed by atoms with van der Waals surface area (Å²) >= 11 is 1.92. The summed E-state index contributed by atoms with van der Waals surface area (Å²) in [5.74, 6) is 0.134. The Morgan fingerprint density at radius 1 is 1.21 bits per heavy atom. The molecule has 1 fully saturated rings. The summed E-state index contributed by atoms with van der Waals surface area (Å²) in [5, 5.41) is 10.9. The number of benzene rings is 1. The molecule has 5 heteroatoms. The van der Waals surface area contributed by atoms with Crippen molar-refractivity contribution in [1.29, 1.82) is 5.26 Å². The van der Waals surface area contributed by atoms with E-state index < -0.39 is 12.0 Å². The highest BCUT2D eigenvalue weighted by Gasteiger charge is 2.38. The van der Waals surface area contributed by atoms with Crippen LogP contribution < -0.4 is 0 Å². The van der Waals surface area contributed by atoms with E-state index in [9.17, 15) is 9.59 Å². The summed E-state index contributed by atoms with van der Waals surface area (Å²) in [4.78, 5) is 24.2. The average molecular weight is 468 g/mol. The van der Waals surface area contributed by atoms with E-state index in [2.05, 4.69) is 32.2 Å². The van der Waals surface area contributed by atoms with Gasteiger partial charge in [-0.1, -0.05) is 58.1 Å². The average Bonchev–Trinajstić information content (AvgIpc) is 3.39. The van der Waals surface area contributed by atoms with Gasteiger partial charge in [-0.3, -0.25) is 9.59 Å². The number of thiophene rings is 1. The number of Topliss-reactive ketones (excluding diaryl/α,β-unsaturated/α-hetero) is 1. The molecule has 1 aliphatic heterocycles. The Bertz CT molecular complexity index is 925. The van der Waals surface area contributed by atoms with Gasteiger partial charge < -0.3 is 4.74 Å². The van der Waals surface area contributed by atoms with Gasteiger partial charge in [-0.05, 0) is 67.3 Å². The van der Waals surface area contributed by atoms with Crippen molar-refractivity contribution < 1.29 is 14.3 Å². The predicted molar refractivity (Wildman–Crippen MR) is 134 cm³/mol. The van der Waals surface area contributed by atoms with Crippen LogP contribution >= 0.6 is 11.3 Å². The van der Waals surface area contributed by atoms with Gasteiger partial charge in [0.2, 0.25) is 0 Å². The van der Waals surface area contributed by atoms with Crippen molar-refractivity contribution in [2.75, 3.05) is 0 Å². The van der Waals surface area contributed by atoms with Crippen LogP contribution in [0.3, 0.4) is 0 Å².